The zero-order valence-electron chi connectivity index (χ0n) is 14.0. The van der Waals surface area contributed by atoms with E-state index in [0.29, 0.717) is 5.75 Å². The highest BCUT2D eigenvalue weighted by Gasteiger charge is 2.20. The molecule has 2 rings (SSSR count). The summed E-state index contributed by atoms with van der Waals surface area (Å²) in [6.07, 6.45) is 0. The number of ether oxygens (including phenoxy) is 2. The molecule has 0 bridgehead atoms. The minimum Gasteiger partial charge on any atom is -0.490 e. The monoisotopic (exact) mass is 360 g/mol. The smallest absolute Gasteiger partial charge is 0.334 e. The van der Waals surface area contributed by atoms with Crippen LogP contribution in [0.1, 0.15) is 5.56 Å². The molecule has 0 saturated heterocycles. The lowest BCUT2D eigenvalue weighted by Crippen LogP contribution is -2.19. The first kappa shape index (κ1) is 18.7. The summed E-state index contributed by atoms with van der Waals surface area (Å²) in [5, 5.41) is 0. The second-order valence-corrected chi connectivity index (χ2v) is 7.46. The zero-order valence-corrected chi connectivity index (χ0v) is 14.8. The molecule has 0 radical (unpaired) electrons. The second-order valence-electron chi connectivity index (χ2n) is 5.47. The normalized spacial score (nSPS) is 10.9. The van der Waals surface area contributed by atoms with Gasteiger partial charge in [0.1, 0.15) is 19.0 Å². The highest BCUT2D eigenvalue weighted by molar-refractivity contribution is 7.91. The maximum absolute atomic E-state index is 12.3. The van der Waals surface area contributed by atoms with Gasteiger partial charge in [0.15, 0.2) is 9.84 Å². The van der Waals surface area contributed by atoms with Crippen molar-refractivity contribution in [3.63, 3.8) is 0 Å². The number of carbonyl (C=O) groups excluding carboxylic acids is 1. The molecule has 0 amide bonds. The van der Waals surface area contributed by atoms with Gasteiger partial charge in [0.25, 0.3) is 0 Å². The van der Waals surface area contributed by atoms with E-state index >= 15 is 0 Å². The summed E-state index contributed by atoms with van der Waals surface area (Å²) in [7, 11) is -3.63. The molecule has 0 atom stereocenters. The molecule has 0 aromatic heterocycles. The first-order valence-electron chi connectivity index (χ1n) is 7.71. The molecule has 6 heteroatoms. The summed E-state index contributed by atoms with van der Waals surface area (Å²) in [5.41, 5.74) is 0.843. The second kappa shape index (κ2) is 8.48. The summed E-state index contributed by atoms with van der Waals surface area (Å²) < 4.78 is 35.0. The van der Waals surface area contributed by atoms with Crippen molar-refractivity contribution in [1.29, 1.82) is 0 Å². The van der Waals surface area contributed by atoms with Crippen molar-refractivity contribution < 1.29 is 22.7 Å². The molecule has 0 fully saturated rings. The minimum atomic E-state index is -3.63. The summed E-state index contributed by atoms with van der Waals surface area (Å²) in [4.78, 5) is 12.0. The van der Waals surface area contributed by atoms with E-state index in [1.54, 1.807) is 24.3 Å². The molecule has 0 heterocycles. The molecule has 0 aliphatic carbocycles. The number of aryl methyl sites for hydroxylation is 1. The Morgan fingerprint density at radius 3 is 2.28 bits per heavy atom. The van der Waals surface area contributed by atoms with Crippen molar-refractivity contribution in [3.05, 3.63) is 72.3 Å². The highest BCUT2D eigenvalue weighted by Crippen LogP contribution is 2.15. The van der Waals surface area contributed by atoms with Crippen LogP contribution in [0.4, 0.5) is 0 Å². The van der Waals surface area contributed by atoms with Crippen LogP contribution in [0, 0.1) is 6.92 Å². The van der Waals surface area contributed by atoms with Crippen LogP contribution in [-0.2, 0) is 19.4 Å². The molecule has 25 heavy (non-hydrogen) atoms. The molecular weight excluding hydrogens is 340 g/mol. The van der Waals surface area contributed by atoms with Crippen LogP contribution in [0.5, 0.6) is 5.75 Å². The van der Waals surface area contributed by atoms with Gasteiger partial charge in [-0.25, -0.2) is 13.2 Å². The largest absolute Gasteiger partial charge is 0.490 e. The van der Waals surface area contributed by atoms with Crippen molar-refractivity contribution in [2.75, 3.05) is 19.0 Å². The van der Waals surface area contributed by atoms with Gasteiger partial charge >= 0.3 is 5.97 Å². The first-order chi connectivity index (χ1) is 11.9. The predicted octanol–water partition coefficient (Wildman–Crippen LogP) is 2.95. The Bertz CT molecular complexity index is 824. The number of sulfone groups is 1. The van der Waals surface area contributed by atoms with Crippen LogP contribution in [0.25, 0.3) is 0 Å². The van der Waals surface area contributed by atoms with E-state index in [-0.39, 0.29) is 23.7 Å². The molecule has 5 nitrogen and oxygen atoms in total. The molecular formula is C19H20O5S. The number of para-hydroxylation sites is 1. The zero-order chi connectivity index (χ0) is 18.3. The highest BCUT2D eigenvalue weighted by atomic mass is 32.2. The average molecular weight is 360 g/mol. The Morgan fingerprint density at radius 2 is 1.64 bits per heavy atom. The Labute approximate surface area is 147 Å². The first-order valence-corrected chi connectivity index (χ1v) is 9.36. The van der Waals surface area contributed by atoms with Gasteiger partial charge in [-0.05, 0) is 31.2 Å². The molecule has 0 spiro atoms. The molecule has 0 aliphatic heterocycles. The third-order valence-electron chi connectivity index (χ3n) is 3.36. The molecule has 0 aliphatic rings. The lowest BCUT2D eigenvalue weighted by atomic mass is 10.2. The maximum Gasteiger partial charge on any atom is 0.334 e. The number of benzene rings is 2. The van der Waals surface area contributed by atoms with Crippen LogP contribution in [0.3, 0.4) is 0 Å². The molecule has 132 valence electrons. The van der Waals surface area contributed by atoms with Gasteiger partial charge in [0.2, 0.25) is 0 Å². The van der Waals surface area contributed by atoms with Gasteiger partial charge in [-0.1, -0.05) is 42.5 Å². The van der Waals surface area contributed by atoms with E-state index in [4.69, 9.17) is 9.47 Å². The van der Waals surface area contributed by atoms with Crippen LogP contribution in [-0.4, -0.2) is 33.4 Å². The topological polar surface area (TPSA) is 69.7 Å². The summed E-state index contributed by atoms with van der Waals surface area (Å²) in [6, 6.07) is 15.5. The van der Waals surface area contributed by atoms with Crippen molar-refractivity contribution in [2.45, 2.75) is 11.8 Å². The van der Waals surface area contributed by atoms with E-state index in [9.17, 15) is 13.2 Å². The van der Waals surface area contributed by atoms with Gasteiger partial charge in [-0.3, -0.25) is 0 Å². The third kappa shape index (κ3) is 5.76. The number of rotatable bonds is 8. The Hall–Kier alpha value is -2.60. The Kier molecular flexibility index (Phi) is 6.36. The van der Waals surface area contributed by atoms with Crippen LogP contribution in [0.15, 0.2) is 71.6 Å². The molecule has 0 saturated carbocycles. The fourth-order valence-electron chi connectivity index (χ4n) is 2.03. The lowest BCUT2D eigenvalue weighted by molar-refractivity contribution is -0.139. The quantitative estimate of drug-likeness (QED) is 0.411. The Balaban J connectivity index is 1.81. The van der Waals surface area contributed by atoms with Gasteiger partial charge in [0.05, 0.1) is 10.6 Å². The third-order valence-corrected chi connectivity index (χ3v) is 5.08. The van der Waals surface area contributed by atoms with E-state index < -0.39 is 21.6 Å². The Morgan fingerprint density at radius 1 is 1.00 bits per heavy atom. The standard InChI is InChI=1S/C19H20O5S/c1-15-8-10-18(11-9-15)25(21,22)14-16(2)19(20)24-13-12-23-17-6-4-3-5-7-17/h3-11H,2,12-14H2,1H3. The number of hydrogen-bond acceptors (Lipinski definition) is 5. The number of carbonyl (C=O) groups is 1. The van der Waals surface area contributed by atoms with Gasteiger partial charge < -0.3 is 9.47 Å². The van der Waals surface area contributed by atoms with Crippen molar-refractivity contribution in [3.8, 4) is 5.75 Å². The van der Waals surface area contributed by atoms with E-state index in [1.165, 1.54) is 12.1 Å². The maximum atomic E-state index is 12.3. The van der Waals surface area contributed by atoms with Gasteiger partial charge in [-0.15, -0.1) is 0 Å². The van der Waals surface area contributed by atoms with Crippen molar-refractivity contribution >= 4 is 15.8 Å². The van der Waals surface area contributed by atoms with Crippen LogP contribution in [0.2, 0.25) is 0 Å². The van der Waals surface area contributed by atoms with Crippen molar-refractivity contribution in [2.24, 2.45) is 0 Å². The number of esters is 1. The summed E-state index contributed by atoms with van der Waals surface area (Å²) >= 11 is 0. The fourth-order valence-corrected chi connectivity index (χ4v) is 3.32. The molecule has 0 unspecified atom stereocenters. The molecule has 2 aromatic carbocycles. The molecule has 2 aromatic rings. The predicted molar refractivity (Wildman–Crippen MR) is 95.3 cm³/mol. The SMILES string of the molecule is C=C(CS(=O)(=O)c1ccc(C)cc1)C(=O)OCCOc1ccccc1. The summed E-state index contributed by atoms with van der Waals surface area (Å²) in [6.45, 7) is 5.58. The van der Waals surface area contributed by atoms with Crippen molar-refractivity contribution in [1.82, 2.24) is 0 Å². The molecule has 0 N–H and O–H groups in total. The van der Waals surface area contributed by atoms with Gasteiger partial charge in [-0.2, -0.15) is 0 Å². The average Bonchev–Trinajstić information content (AvgIpc) is 2.59. The summed E-state index contributed by atoms with van der Waals surface area (Å²) in [5.74, 6) is -0.555. The van der Waals surface area contributed by atoms with E-state index in [0.717, 1.165) is 5.56 Å². The lowest BCUT2D eigenvalue weighted by Gasteiger charge is -2.09. The van der Waals surface area contributed by atoms with E-state index in [2.05, 4.69) is 6.58 Å². The minimum absolute atomic E-state index is 0.0112. The van der Waals surface area contributed by atoms with E-state index in [1.807, 2.05) is 25.1 Å². The van der Waals surface area contributed by atoms with Crippen LogP contribution >= 0.6 is 0 Å². The fraction of sp³-hybridized carbons (Fsp3) is 0.211. The van der Waals surface area contributed by atoms with Gasteiger partial charge in [0, 0.05) is 5.57 Å². The number of hydrogen-bond donors (Lipinski definition) is 0. The van der Waals surface area contributed by atoms with Crippen LogP contribution < -0.4 is 4.74 Å².